The first kappa shape index (κ1) is 64.7. The summed E-state index contributed by atoms with van der Waals surface area (Å²) in [5.41, 5.74) is 24.1. The molecule has 17 rings (SSSR count). The maximum atomic E-state index is 5.07. The molecule has 14 aromatic carbocycles. The van der Waals surface area contributed by atoms with E-state index in [9.17, 15) is 0 Å². The highest BCUT2D eigenvalue weighted by atomic mass is 15.0. The number of nitrogens with zero attached hydrogens (tertiary/aromatic N) is 7. The number of pyridine rings is 1. The summed E-state index contributed by atoms with van der Waals surface area (Å²) in [6.07, 6.45) is 3.72. The quantitative estimate of drug-likeness (QED) is 0.0890. The molecule has 0 saturated heterocycles. The zero-order chi connectivity index (χ0) is 69.6. The van der Waals surface area contributed by atoms with Crippen molar-refractivity contribution in [1.29, 1.82) is 0 Å². The van der Waals surface area contributed by atoms with Gasteiger partial charge in [0.05, 0.1) is 0 Å². The lowest BCUT2D eigenvalue weighted by molar-refractivity contribution is 1.07. The Morgan fingerprint density at radius 3 is 0.760 bits per heavy atom. The Morgan fingerprint density at radius 2 is 0.394 bits per heavy atom. The summed E-state index contributed by atoms with van der Waals surface area (Å²) in [6, 6.07) is 137. The Hall–Kier alpha value is -14.0. The second-order valence-corrected chi connectivity index (χ2v) is 25.1. The third kappa shape index (κ3) is 14.3. The van der Waals surface area contributed by atoms with Crippen LogP contribution < -0.4 is 0 Å². The third-order valence-electron chi connectivity index (χ3n) is 18.4. The molecular weight excluding hydrogens is 1260 g/mol. The molecule has 104 heavy (non-hydrogen) atoms. The van der Waals surface area contributed by atoms with Crippen LogP contribution in [0.3, 0.4) is 0 Å². The van der Waals surface area contributed by atoms with Crippen LogP contribution in [0.15, 0.2) is 407 Å². The Bertz CT molecular complexity index is 5630. The maximum Gasteiger partial charge on any atom is 0.164 e. The molecule has 0 bridgehead atoms. The van der Waals surface area contributed by atoms with Gasteiger partial charge >= 0.3 is 0 Å². The van der Waals surface area contributed by atoms with Crippen LogP contribution in [0.2, 0.25) is 0 Å². The van der Waals surface area contributed by atoms with Crippen molar-refractivity contribution in [2.45, 2.75) is 0 Å². The number of hydrogen-bond donors (Lipinski definition) is 0. The second kappa shape index (κ2) is 30.6. The molecule has 0 atom stereocenters. The van der Waals surface area contributed by atoms with Crippen molar-refractivity contribution in [2.75, 3.05) is 0 Å². The van der Waals surface area contributed by atoms with Crippen LogP contribution in [0.1, 0.15) is 44.5 Å². The van der Waals surface area contributed by atoms with Gasteiger partial charge in [-0.3, -0.25) is 4.98 Å². The largest absolute Gasteiger partial charge is 0.265 e. The molecule has 0 aliphatic rings. The summed E-state index contributed by atoms with van der Waals surface area (Å²) in [6.45, 7) is 0. The van der Waals surface area contributed by atoms with Crippen LogP contribution >= 0.6 is 0 Å². The minimum atomic E-state index is 0.636. The molecule has 3 aromatic heterocycles. The van der Waals surface area contributed by atoms with Gasteiger partial charge in [-0.05, 0) is 130 Å². The molecule has 0 N–H and O–H groups in total. The molecule has 0 unspecified atom stereocenters. The highest BCUT2D eigenvalue weighted by molar-refractivity contribution is 6.08. The SMILES string of the molecule is c1ccc(/C(=C(\c2ccccc2)c2cccc(-c3ccc(-c4nc(-c5ccccc5)nc(-c5ccccc5)n4)cc3)c2)c2ccncc2)cc1.c1ccc(C(=C(c2ccccc2)c2cccc(-c3ccc(-c4nc(-c5ccccc5)nc(-c5ccccc5)n4)c4ccccc34)c2)c2ccccc2)cc1. The Morgan fingerprint density at radius 1 is 0.154 bits per heavy atom. The topological polar surface area (TPSA) is 90.2 Å². The average molecular weight is 1330 g/mol. The van der Waals surface area contributed by atoms with Crippen LogP contribution in [0.5, 0.6) is 0 Å². The van der Waals surface area contributed by atoms with Crippen molar-refractivity contribution in [3.8, 4) is 90.6 Å². The summed E-state index contributed by atoms with van der Waals surface area (Å²) in [5.74, 6) is 3.87. The van der Waals surface area contributed by atoms with E-state index < -0.39 is 0 Å². The fourth-order valence-corrected chi connectivity index (χ4v) is 13.5. The van der Waals surface area contributed by atoms with Crippen molar-refractivity contribution in [1.82, 2.24) is 34.9 Å². The first-order valence-electron chi connectivity index (χ1n) is 34.8. The molecule has 0 aliphatic carbocycles. The minimum Gasteiger partial charge on any atom is -0.265 e. The van der Waals surface area contributed by atoms with E-state index in [2.05, 4.69) is 278 Å². The molecule has 0 fully saturated rings. The summed E-state index contributed by atoms with van der Waals surface area (Å²) >= 11 is 0. The number of hydrogen-bond acceptors (Lipinski definition) is 7. The molecule has 7 nitrogen and oxygen atoms in total. The Kier molecular flexibility index (Phi) is 19.0. The molecule has 0 aliphatic heterocycles. The summed E-state index contributed by atoms with van der Waals surface area (Å²) in [4.78, 5) is 34.1. The van der Waals surface area contributed by atoms with Gasteiger partial charge in [0.2, 0.25) is 0 Å². The van der Waals surface area contributed by atoms with Gasteiger partial charge in [-0.25, -0.2) is 29.9 Å². The lowest BCUT2D eigenvalue weighted by Crippen LogP contribution is -2.00. The third-order valence-corrected chi connectivity index (χ3v) is 18.4. The monoisotopic (exact) mass is 1330 g/mol. The van der Waals surface area contributed by atoms with Gasteiger partial charge in [0.1, 0.15) is 0 Å². The van der Waals surface area contributed by atoms with Crippen molar-refractivity contribution in [3.63, 3.8) is 0 Å². The zero-order valence-corrected chi connectivity index (χ0v) is 56.8. The van der Waals surface area contributed by atoms with Crippen molar-refractivity contribution in [3.05, 3.63) is 451 Å². The first-order chi connectivity index (χ1) is 51.6. The summed E-state index contributed by atoms with van der Waals surface area (Å²) in [5, 5.41) is 2.21. The van der Waals surface area contributed by atoms with E-state index in [-0.39, 0.29) is 0 Å². The fourth-order valence-electron chi connectivity index (χ4n) is 13.5. The molecule has 0 amide bonds. The second-order valence-electron chi connectivity index (χ2n) is 25.1. The molecule has 7 heteroatoms. The van der Waals surface area contributed by atoms with E-state index in [0.717, 1.165) is 111 Å². The van der Waals surface area contributed by atoms with Crippen LogP contribution in [0, 0.1) is 0 Å². The highest BCUT2D eigenvalue weighted by Gasteiger charge is 2.22. The van der Waals surface area contributed by atoms with Gasteiger partial charge in [0, 0.05) is 45.8 Å². The Labute approximate surface area is 606 Å². The van der Waals surface area contributed by atoms with E-state index in [4.69, 9.17) is 29.9 Å². The number of fused-ring (bicyclic) bond motifs is 1. The molecule has 0 saturated carbocycles. The van der Waals surface area contributed by atoms with Gasteiger partial charge in [-0.2, -0.15) is 0 Å². The number of rotatable bonds is 16. The minimum absolute atomic E-state index is 0.636. The summed E-state index contributed by atoms with van der Waals surface area (Å²) < 4.78 is 0. The lowest BCUT2D eigenvalue weighted by atomic mass is 9.84. The fraction of sp³-hybridized carbons (Fsp3) is 0. The smallest absolute Gasteiger partial charge is 0.164 e. The molecular formula is C97H67N7. The van der Waals surface area contributed by atoms with E-state index >= 15 is 0 Å². The van der Waals surface area contributed by atoms with E-state index in [1.165, 1.54) is 22.3 Å². The number of aromatic nitrogens is 7. The van der Waals surface area contributed by atoms with Crippen molar-refractivity contribution < 1.29 is 0 Å². The molecule has 0 spiro atoms. The summed E-state index contributed by atoms with van der Waals surface area (Å²) in [7, 11) is 0. The first-order valence-corrected chi connectivity index (χ1v) is 34.8. The number of benzene rings is 14. The van der Waals surface area contributed by atoms with E-state index in [0.29, 0.717) is 34.9 Å². The van der Waals surface area contributed by atoms with Gasteiger partial charge < -0.3 is 0 Å². The maximum absolute atomic E-state index is 5.07. The van der Waals surface area contributed by atoms with E-state index in [1.54, 1.807) is 0 Å². The van der Waals surface area contributed by atoms with Gasteiger partial charge in [0.25, 0.3) is 0 Å². The van der Waals surface area contributed by atoms with Gasteiger partial charge in [-0.15, -0.1) is 0 Å². The molecule has 3 heterocycles. The molecule has 490 valence electrons. The molecule has 0 radical (unpaired) electrons. The normalized spacial score (nSPS) is 11.2. The highest BCUT2D eigenvalue weighted by Crippen LogP contribution is 2.42. The lowest BCUT2D eigenvalue weighted by Gasteiger charge is -2.19. The van der Waals surface area contributed by atoms with Crippen LogP contribution in [0.25, 0.3) is 124 Å². The average Bonchev–Trinajstić information content (AvgIpc) is 0.767. The van der Waals surface area contributed by atoms with Crippen LogP contribution in [-0.4, -0.2) is 34.9 Å². The zero-order valence-electron chi connectivity index (χ0n) is 56.8. The predicted octanol–water partition coefficient (Wildman–Crippen LogP) is 23.6. The molecule has 17 aromatic rings. The Balaban J connectivity index is 0.000000161. The predicted molar refractivity (Wildman–Crippen MR) is 427 cm³/mol. The van der Waals surface area contributed by atoms with Gasteiger partial charge in [-0.1, -0.05) is 364 Å². The van der Waals surface area contributed by atoms with Crippen molar-refractivity contribution >= 4 is 33.1 Å². The van der Waals surface area contributed by atoms with E-state index in [1.807, 2.05) is 134 Å². The van der Waals surface area contributed by atoms with Crippen LogP contribution in [0.4, 0.5) is 0 Å². The standard InChI is InChI=1S/C51H35N3.C46H32N4/c1-6-19-36(20-7-1)47(37-21-8-2-9-22-37)48(38-23-10-3-11-24-38)42-30-18-29-41(35-42)43-33-34-46(45-32-17-16-31-44(43)45)51-53-49(39-25-12-4-13-26-39)52-50(54-51)40-27-14-5-15-28-40;1-5-14-34(15-6-1)42(36-28-30-47-31-29-36)43(35-16-7-2-8-17-35)41-23-13-22-40(32-41)33-24-26-39(27-25-33)46-49-44(37-18-9-3-10-19-37)48-45(50-46)38-20-11-4-12-21-38/h1-35H;1-32H/b;43-42-. The van der Waals surface area contributed by atoms with Crippen molar-refractivity contribution in [2.24, 2.45) is 0 Å². The van der Waals surface area contributed by atoms with Gasteiger partial charge in [0.15, 0.2) is 34.9 Å². The van der Waals surface area contributed by atoms with Crippen LogP contribution in [-0.2, 0) is 0 Å².